The van der Waals surface area contributed by atoms with Crippen LogP contribution < -0.4 is 10.7 Å². The highest BCUT2D eigenvalue weighted by atomic mass is 16.5. The topological polar surface area (TPSA) is 128 Å². The number of hydrogen-bond acceptors (Lipinski definition) is 7. The number of amides is 3. The minimum Gasteiger partial charge on any atom is -0.308 e. The Balaban J connectivity index is 1.68. The van der Waals surface area contributed by atoms with E-state index in [9.17, 15) is 19.6 Å². The van der Waals surface area contributed by atoms with Crippen LogP contribution in [0.2, 0.25) is 0 Å². The molecule has 1 aliphatic heterocycles. The van der Waals surface area contributed by atoms with Crippen molar-refractivity contribution in [2.24, 2.45) is 11.8 Å². The Hall–Kier alpha value is -2.59. The van der Waals surface area contributed by atoms with Crippen LogP contribution in [-0.4, -0.2) is 62.6 Å². The SMILES string of the molecule is O=CN(O)C[C@@H](CC1CCCC1)C(=O)N1NCC[C@H]1C(=O)Nc1cnccn1. The zero-order chi connectivity index (χ0) is 19.9. The van der Waals surface area contributed by atoms with E-state index in [1.54, 1.807) is 0 Å². The van der Waals surface area contributed by atoms with Gasteiger partial charge in [0.15, 0.2) is 5.82 Å². The Labute approximate surface area is 163 Å². The molecule has 0 unspecified atom stereocenters. The highest BCUT2D eigenvalue weighted by molar-refractivity contribution is 5.97. The van der Waals surface area contributed by atoms with Crippen LogP contribution in [0.1, 0.15) is 38.5 Å². The number of hydrazine groups is 1. The van der Waals surface area contributed by atoms with Crippen LogP contribution in [0.3, 0.4) is 0 Å². The fourth-order valence-corrected chi connectivity index (χ4v) is 3.98. The summed E-state index contributed by atoms with van der Waals surface area (Å²) >= 11 is 0. The molecule has 28 heavy (non-hydrogen) atoms. The summed E-state index contributed by atoms with van der Waals surface area (Å²) in [4.78, 5) is 44.6. The first kappa shape index (κ1) is 20.2. The molecule has 1 saturated heterocycles. The maximum absolute atomic E-state index is 13.2. The maximum Gasteiger partial charge on any atom is 0.250 e. The van der Waals surface area contributed by atoms with Gasteiger partial charge in [-0.25, -0.2) is 15.5 Å². The van der Waals surface area contributed by atoms with Gasteiger partial charge in [-0.05, 0) is 18.8 Å². The fraction of sp³-hybridized carbons (Fsp3) is 0.611. The lowest BCUT2D eigenvalue weighted by Crippen LogP contribution is -2.51. The summed E-state index contributed by atoms with van der Waals surface area (Å²) in [6.45, 7) is 0.395. The molecule has 10 heteroatoms. The first-order chi connectivity index (χ1) is 13.6. The second-order valence-electron chi connectivity index (χ2n) is 7.31. The standard InChI is InChI=1S/C18H26N6O4/c25-12-23(28)11-14(9-13-3-1-2-4-13)18(27)24-15(5-6-21-24)17(26)22-16-10-19-7-8-20-16/h7-8,10,12-15,21,28H,1-6,9,11H2,(H,20,22,26)/t14-,15+/m1/s1. The number of nitrogens with zero attached hydrogens (tertiary/aromatic N) is 4. The van der Waals surface area contributed by atoms with E-state index in [4.69, 9.17) is 0 Å². The van der Waals surface area contributed by atoms with Crippen molar-refractivity contribution in [1.82, 2.24) is 25.5 Å². The number of carbonyl (C=O) groups excluding carboxylic acids is 3. The molecule has 3 amide bonds. The first-order valence-electron chi connectivity index (χ1n) is 9.62. The Morgan fingerprint density at radius 2 is 2.14 bits per heavy atom. The average Bonchev–Trinajstić information content (AvgIpc) is 3.39. The van der Waals surface area contributed by atoms with Crippen molar-refractivity contribution in [2.45, 2.75) is 44.6 Å². The lowest BCUT2D eigenvalue weighted by atomic mass is 9.92. The summed E-state index contributed by atoms with van der Waals surface area (Å²) in [5.41, 5.74) is 2.97. The highest BCUT2D eigenvalue weighted by Gasteiger charge is 2.39. The van der Waals surface area contributed by atoms with Gasteiger partial charge in [0.1, 0.15) is 6.04 Å². The molecule has 3 rings (SSSR count). The van der Waals surface area contributed by atoms with Crippen molar-refractivity contribution in [3.05, 3.63) is 18.6 Å². The van der Waals surface area contributed by atoms with Gasteiger partial charge in [0.25, 0.3) is 0 Å². The number of hydroxylamine groups is 2. The van der Waals surface area contributed by atoms with E-state index in [0.717, 1.165) is 25.7 Å². The van der Waals surface area contributed by atoms with Crippen molar-refractivity contribution in [1.29, 1.82) is 0 Å². The van der Waals surface area contributed by atoms with Crippen LogP contribution in [0.15, 0.2) is 18.6 Å². The predicted octanol–water partition coefficient (Wildman–Crippen LogP) is 0.565. The van der Waals surface area contributed by atoms with Gasteiger partial charge in [0, 0.05) is 18.9 Å². The zero-order valence-electron chi connectivity index (χ0n) is 15.7. The lowest BCUT2D eigenvalue weighted by Gasteiger charge is -2.29. The number of nitrogens with one attached hydrogen (secondary N) is 2. The molecule has 0 radical (unpaired) electrons. The van der Waals surface area contributed by atoms with Crippen molar-refractivity contribution in [3.63, 3.8) is 0 Å². The molecule has 3 N–H and O–H groups in total. The molecule has 10 nitrogen and oxygen atoms in total. The minimum atomic E-state index is -0.691. The molecule has 152 valence electrons. The summed E-state index contributed by atoms with van der Waals surface area (Å²) in [5, 5.41) is 14.2. The summed E-state index contributed by atoms with van der Waals surface area (Å²) in [6.07, 6.45) is 10.1. The number of rotatable bonds is 8. The molecule has 1 saturated carbocycles. The molecule has 2 fully saturated rings. The van der Waals surface area contributed by atoms with Crippen LogP contribution in [0.4, 0.5) is 5.82 Å². The van der Waals surface area contributed by atoms with Gasteiger partial charge >= 0.3 is 0 Å². The van der Waals surface area contributed by atoms with Crippen LogP contribution in [0.5, 0.6) is 0 Å². The lowest BCUT2D eigenvalue weighted by molar-refractivity contribution is -0.159. The first-order valence-corrected chi connectivity index (χ1v) is 9.62. The van der Waals surface area contributed by atoms with E-state index < -0.39 is 12.0 Å². The summed E-state index contributed by atoms with van der Waals surface area (Å²) in [6, 6.07) is -0.691. The monoisotopic (exact) mass is 390 g/mol. The molecule has 1 aromatic rings. The van der Waals surface area contributed by atoms with Crippen LogP contribution in [0.25, 0.3) is 0 Å². The number of hydrogen-bond donors (Lipinski definition) is 3. The summed E-state index contributed by atoms with van der Waals surface area (Å²) in [7, 11) is 0. The summed E-state index contributed by atoms with van der Waals surface area (Å²) in [5.74, 6) is -0.504. The van der Waals surface area contributed by atoms with Gasteiger partial charge < -0.3 is 5.32 Å². The third-order valence-electron chi connectivity index (χ3n) is 5.34. The largest absolute Gasteiger partial charge is 0.308 e. The molecule has 2 aliphatic rings. The normalized spacial score (nSPS) is 20.8. The molecule has 0 spiro atoms. The smallest absolute Gasteiger partial charge is 0.250 e. The van der Waals surface area contributed by atoms with E-state index in [-0.39, 0.29) is 18.4 Å². The summed E-state index contributed by atoms with van der Waals surface area (Å²) < 4.78 is 0. The van der Waals surface area contributed by atoms with Gasteiger partial charge in [-0.3, -0.25) is 29.6 Å². The average molecular weight is 390 g/mol. The van der Waals surface area contributed by atoms with Gasteiger partial charge in [-0.15, -0.1) is 0 Å². The minimum absolute atomic E-state index is 0.0878. The van der Waals surface area contributed by atoms with Gasteiger partial charge in [-0.2, -0.15) is 0 Å². The fourth-order valence-electron chi connectivity index (χ4n) is 3.98. The number of carbonyl (C=O) groups is 3. The Morgan fingerprint density at radius 3 is 2.82 bits per heavy atom. The Morgan fingerprint density at radius 1 is 1.36 bits per heavy atom. The molecular weight excluding hydrogens is 364 g/mol. The van der Waals surface area contributed by atoms with E-state index in [0.29, 0.717) is 42.6 Å². The third-order valence-corrected chi connectivity index (χ3v) is 5.34. The molecule has 2 atom stereocenters. The van der Waals surface area contributed by atoms with E-state index in [1.165, 1.54) is 23.6 Å². The van der Waals surface area contributed by atoms with Crippen LogP contribution >= 0.6 is 0 Å². The number of anilines is 1. The van der Waals surface area contributed by atoms with Crippen molar-refractivity contribution in [3.8, 4) is 0 Å². The number of aromatic nitrogens is 2. The maximum atomic E-state index is 13.2. The van der Waals surface area contributed by atoms with Gasteiger partial charge in [-0.1, -0.05) is 25.7 Å². The molecular formula is C18H26N6O4. The molecule has 0 aromatic carbocycles. The zero-order valence-corrected chi connectivity index (χ0v) is 15.7. The van der Waals surface area contributed by atoms with E-state index in [2.05, 4.69) is 20.7 Å². The van der Waals surface area contributed by atoms with Crippen LogP contribution in [-0.2, 0) is 14.4 Å². The predicted molar refractivity (Wildman–Crippen MR) is 98.5 cm³/mol. The van der Waals surface area contributed by atoms with Crippen molar-refractivity contribution in [2.75, 3.05) is 18.4 Å². The quantitative estimate of drug-likeness (QED) is 0.336. The second kappa shape index (κ2) is 9.56. The molecule has 1 aliphatic carbocycles. The van der Waals surface area contributed by atoms with E-state index in [1.807, 2.05) is 0 Å². The van der Waals surface area contributed by atoms with Crippen LogP contribution in [0, 0.1) is 11.8 Å². The Kier molecular flexibility index (Phi) is 6.88. The molecule has 0 bridgehead atoms. The Bertz CT molecular complexity index is 682. The highest BCUT2D eigenvalue weighted by Crippen LogP contribution is 2.31. The van der Waals surface area contributed by atoms with Crippen molar-refractivity contribution >= 4 is 24.0 Å². The molecule has 1 aromatic heterocycles. The van der Waals surface area contributed by atoms with E-state index >= 15 is 0 Å². The van der Waals surface area contributed by atoms with Crippen molar-refractivity contribution < 1.29 is 19.6 Å². The third kappa shape index (κ3) is 5.02. The van der Waals surface area contributed by atoms with Gasteiger partial charge in [0.2, 0.25) is 18.2 Å². The molecule has 2 heterocycles. The second-order valence-corrected chi connectivity index (χ2v) is 7.31. The van der Waals surface area contributed by atoms with Gasteiger partial charge in [0.05, 0.1) is 18.7 Å².